The summed E-state index contributed by atoms with van der Waals surface area (Å²) < 4.78 is 1.36. The topological polar surface area (TPSA) is 23.1 Å². The number of hydrogen-bond acceptors (Lipinski definition) is 1. The number of hydrogen-bond donors (Lipinski definition) is 0. The van der Waals surface area contributed by atoms with Crippen LogP contribution in [0, 0.1) is 0 Å². The molecular formula is C31H59NO. The van der Waals surface area contributed by atoms with Crippen LogP contribution >= 0.6 is 0 Å². The first kappa shape index (κ1) is 32.0. The van der Waals surface area contributed by atoms with Gasteiger partial charge in [-0.1, -0.05) is 128 Å². The minimum Gasteiger partial charge on any atom is -0.872 e. The van der Waals surface area contributed by atoms with Gasteiger partial charge in [0.05, 0.1) is 26.7 Å². The van der Waals surface area contributed by atoms with Gasteiger partial charge in [-0.3, -0.25) is 0 Å². The smallest absolute Gasteiger partial charge is 0.0784 e. The third-order valence-electron chi connectivity index (χ3n) is 6.90. The van der Waals surface area contributed by atoms with Crippen LogP contribution in [-0.4, -0.2) is 31.2 Å². The zero-order valence-electron chi connectivity index (χ0n) is 23.1. The van der Waals surface area contributed by atoms with Crippen molar-refractivity contribution in [2.24, 2.45) is 0 Å². The van der Waals surface area contributed by atoms with E-state index in [0.29, 0.717) is 0 Å². The lowest BCUT2D eigenvalue weighted by Crippen LogP contribution is -2.46. The molecule has 1 aromatic rings. The Hall–Kier alpha value is -1.02. The monoisotopic (exact) mass is 461 g/mol. The zero-order valence-corrected chi connectivity index (χ0v) is 23.1. The molecule has 1 aromatic carbocycles. The van der Waals surface area contributed by atoms with Gasteiger partial charge in [0.25, 0.3) is 0 Å². The summed E-state index contributed by atoms with van der Waals surface area (Å²) in [6, 6.07) is 8.33. The van der Waals surface area contributed by atoms with Gasteiger partial charge in [-0.05, 0) is 38.5 Å². The molecule has 0 aliphatic heterocycles. The van der Waals surface area contributed by atoms with Gasteiger partial charge in [-0.25, -0.2) is 0 Å². The van der Waals surface area contributed by atoms with Crippen molar-refractivity contribution < 1.29 is 9.59 Å². The highest BCUT2D eigenvalue weighted by atomic mass is 16.3. The minimum absolute atomic E-state index is 0.0718. The summed E-state index contributed by atoms with van der Waals surface area (Å²) in [7, 11) is 2.56. The molecule has 0 N–H and O–H groups in total. The van der Waals surface area contributed by atoms with Crippen molar-refractivity contribution in [1.82, 2.24) is 0 Å². The Morgan fingerprint density at radius 1 is 0.485 bits per heavy atom. The maximum Gasteiger partial charge on any atom is 0.0784 e. The SMILES string of the molecule is CCCCCCCC[N+](C)(CCCCCCCC)CCCCCCCC.[O-]c1ccccc1. The number of rotatable bonds is 21. The molecule has 0 spiro atoms. The lowest BCUT2D eigenvalue weighted by atomic mass is 10.1. The number of quaternary nitrogens is 1. The molecule has 0 fully saturated rings. The summed E-state index contributed by atoms with van der Waals surface area (Å²) in [4.78, 5) is 0. The second kappa shape index (κ2) is 24.1. The summed E-state index contributed by atoms with van der Waals surface area (Å²) in [6.45, 7) is 11.2. The predicted molar refractivity (Wildman–Crippen MR) is 147 cm³/mol. The van der Waals surface area contributed by atoms with E-state index >= 15 is 0 Å². The van der Waals surface area contributed by atoms with E-state index in [1.807, 2.05) is 6.07 Å². The molecule has 0 aromatic heterocycles. The second-order valence-electron chi connectivity index (χ2n) is 10.4. The number of para-hydroxylation sites is 1. The number of nitrogens with zero attached hydrogens (tertiary/aromatic N) is 1. The van der Waals surface area contributed by atoms with Crippen LogP contribution in [-0.2, 0) is 0 Å². The lowest BCUT2D eigenvalue weighted by Gasteiger charge is -2.35. The van der Waals surface area contributed by atoms with Gasteiger partial charge in [0, 0.05) is 0 Å². The van der Waals surface area contributed by atoms with E-state index in [4.69, 9.17) is 0 Å². The predicted octanol–water partition coefficient (Wildman–Crippen LogP) is 9.27. The minimum atomic E-state index is 0.0718. The van der Waals surface area contributed by atoms with Crippen molar-refractivity contribution in [2.75, 3.05) is 26.7 Å². The van der Waals surface area contributed by atoms with Gasteiger partial charge >= 0.3 is 0 Å². The molecule has 0 amide bonds. The van der Waals surface area contributed by atoms with E-state index in [2.05, 4.69) is 27.8 Å². The van der Waals surface area contributed by atoms with Crippen LogP contribution < -0.4 is 5.11 Å². The van der Waals surface area contributed by atoms with Gasteiger partial charge in [-0.2, -0.15) is 0 Å². The van der Waals surface area contributed by atoms with Crippen LogP contribution in [0.5, 0.6) is 5.75 Å². The maximum atomic E-state index is 10.3. The summed E-state index contributed by atoms with van der Waals surface area (Å²) >= 11 is 0. The Morgan fingerprint density at radius 3 is 1.06 bits per heavy atom. The number of unbranched alkanes of at least 4 members (excludes halogenated alkanes) is 15. The van der Waals surface area contributed by atoms with Crippen molar-refractivity contribution in [3.05, 3.63) is 30.3 Å². The van der Waals surface area contributed by atoms with E-state index in [0.717, 1.165) is 0 Å². The third kappa shape index (κ3) is 22.5. The Balaban J connectivity index is 0.00000123. The highest BCUT2D eigenvalue weighted by molar-refractivity contribution is 5.17. The summed E-state index contributed by atoms with van der Waals surface area (Å²) in [5.41, 5.74) is 0. The van der Waals surface area contributed by atoms with Crippen molar-refractivity contribution >= 4 is 0 Å². The fourth-order valence-corrected chi connectivity index (χ4v) is 4.58. The Labute approximate surface area is 208 Å². The summed E-state index contributed by atoms with van der Waals surface area (Å²) in [5.74, 6) is 0.0718. The number of benzene rings is 1. The normalized spacial score (nSPS) is 11.3. The van der Waals surface area contributed by atoms with Crippen molar-refractivity contribution in [3.8, 4) is 5.75 Å². The lowest BCUT2D eigenvalue weighted by molar-refractivity contribution is -0.910. The first-order chi connectivity index (χ1) is 16.1. The quantitative estimate of drug-likeness (QED) is 0.132. The Morgan fingerprint density at radius 2 is 0.788 bits per heavy atom. The average Bonchev–Trinajstić information content (AvgIpc) is 2.82. The zero-order chi connectivity index (χ0) is 24.5. The standard InChI is InChI=1S/C25H54N.C6H6O/c1-5-8-11-14-17-20-23-26(4,24-21-18-15-12-9-6-2)25-22-19-16-13-10-7-3;7-6-4-2-1-3-5-6/h5-25H2,1-4H3;1-5,7H/q+1;/p-1. The first-order valence-corrected chi connectivity index (χ1v) is 14.6. The maximum absolute atomic E-state index is 10.3. The molecule has 0 saturated heterocycles. The molecule has 0 bridgehead atoms. The van der Waals surface area contributed by atoms with Crippen LogP contribution in [0.2, 0.25) is 0 Å². The molecular weight excluding hydrogens is 402 g/mol. The van der Waals surface area contributed by atoms with Crippen LogP contribution in [0.4, 0.5) is 0 Å². The largest absolute Gasteiger partial charge is 0.872 e. The van der Waals surface area contributed by atoms with E-state index in [1.165, 1.54) is 152 Å². The molecule has 0 aliphatic rings. The second-order valence-corrected chi connectivity index (χ2v) is 10.4. The van der Waals surface area contributed by atoms with Crippen LogP contribution in [0.25, 0.3) is 0 Å². The molecule has 0 aliphatic carbocycles. The van der Waals surface area contributed by atoms with Gasteiger partial charge in [0.2, 0.25) is 0 Å². The average molecular weight is 462 g/mol. The third-order valence-corrected chi connectivity index (χ3v) is 6.90. The van der Waals surface area contributed by atoms with E-state index < -0.39 is 0 Å². The fraction of sp³-hybridized carbons (Fsp3) is 0.806. The summed E-state index contributed by atoms with van der Waals surface area (Å²) in [5, 5.41) is 10.3. The first-order valence-electron chi connectivity index (χ1n) is 14.6. The molecule has 0 heterocycles. The van der Waals surface area contributed by atoms with Crippen LogP contribution in [0.15, 0.2) is 30.3 Å². The van der Waals surface area contributed by atoms with Crippen molar-refractivity contribution in [3.63, 3.8) is 0 Å². The Kier molecular flexibility index (Phi) is 23.4. The molecule has 0 saturated carbocycles. The van der Waals surface area contributed by atoms with E-state index in [-0.39, 0.29) is 5.75 Å². The molecule has 2 nitrogen and oxygen atoms in total. The molecule has 2 heteroatoms. The fourth-order valence-electron chi connectivity index (χ4n) is 4.58. The molecule has 33 heavy (non-hydrogen) atoms. The van der Waals surface area contributed by atoms with E-state index in [9.17, 15) is 5.11 Å². The molecule has 0 radical (unpaired) electrons. The van der Waals surface area contributed by atoms with Gasteiger partial charge in [0.15, 0.2) is 0 Å². The molecule has 0 atom stereocenters. The highest BCUT2D eigenvalue weighted by Gasteiger charge is 2.20. The molecule has 194 valence electrons. The molecule has 1 rings (SSSR count). The van der Waals surface area contributed by atoms with Gasteiger partial charge in [0.1, 0.15) is 0 Å². The van der Waals surface area contributed by atoms with E-state index in [1.54, 1.807) is 12.1 Å². The van der Waals surface area contributed by atoms with Crippen LogP contribution in [0.3, 0.4) is 0 Å². The Bertz CT molecular complexity index is 446. The van der Waals surface area contributed by atoms with Crippen molar-refractivity contribution in [1.29, 1.82) is 0 Å². The highest BCUT2D eigenvalue weighted by Crippen LogP contribution is 2.16. The van der Waals surface area contributed by atoms with Gasteiger partial charge in [-0.15, -0.1) is 5.75 Å². The van der Waals surface area contributed by atoms with Gasteiger partial charge < -0.3 is 9.59 Å². The van der Waals surface area contributed by atoms with Crippen LogP contribution in [0.1, 0.15) is 136 Å². The molecule has 0 unspecified atom stereocenters. The summed E-state index contributed by atoms with van der Waals surface area (Å²) in [6.07, 6.45) is 25.9. The van der Waals surface area contributed by atoms with Crippen molar-refractivity contribution in [2.45, 2.75) is 136 Å².